The van der Waals surface area contributed by atoms with Crippen molar-refractivity contribution in [2.24, 2.45) is 0 Å². The molecule has 0 aromatic heterocycles. The molecule has 2 atom stereocenters. The smallest absolute Gasteiger partial charge is 0.119 e. The Morgan fingerprint density at radius 2 is 2.33 bits per heavy atom. The van der Waals surface area contributed by atoms with E-state index >= 15 is 0 Å². The monoisotopic (exact) mass is 209 g/mol. The van der Waals surface area contributed by atoms with Crippen LogP contribution in [0.15, 0.2) is 24.3 Å². The molecule has 0 aliphatic carbocycles. The quantitative estimate of drug-likeness (QED) is 0.806. The maximum Gasteiger partial charge on any atom is 0.119 e. The number of benzene rings is 1. The predicted molar refractivity (Wildman–Crippen MR) is 57.9 cm³/mol. The Morgan fingerprint density at radius 1 is 1.53 bits per heavy atom. The van der Waals surface area contributed by atoms with Gasteiger partial charge in [0, 0.05) is 18.5 Å². The van der Waals surface area contributed by atoms with E-state index in [1.807, 2.05) is 31.2 Å². The Balaban J connectivity index is 2.28. The van der Waals surface area contributed by atoms with Gasteiger partial charge in [0.1, 0.15) is 11.9 Å². The molecule has 1 aromatic carbocycles. The Labute approximate surface area is 89.4 Å². The van der Waals surface area contributed by atoms with Gasteiger partial charge in [0.15, 0.2) is 0 Å². The van der Waals surface area contributed by atoms with Crippen molar-refractivity contribution >= 4 is 0 Å². The van der Waals surface area contributed by atoms with Crippen LogP contribution in [0.5, 0.6) is 5.75 Å². The van der Waals surface area contributed by atoms with Crippen LogP contribution in [0.1, 0.15) is 18.9 Å². The predicted octanol–water partition coefficient (Wildman–Crippen LogP) is 2.24. The molecule has 1 saturated heterocycles. The minimum atomic E-state index is -0.749. The minimum Gasteiger partial charge on any atom is -0.497 e. The van der Waals surface area contributed by atoms with Crippen molar-refractivity contribution in [3.63, 3.8) is 0 Å². The zero-order valence-electron chi connectivity index (χ0n) is 9.09. The van der Waals surface area contributed by atoms with E-state index in [0.717, 1.165) is 11.3 Å². The second-order valence-corrected chi connectivity index (χ2v) is 4.25. The van der Waals surface area contributed by atoms with Crippen LogP contribution in [0.25, 0.3) is 0 Å². The molecule has 2 rings (SSSR count). The SMILES string of the molecule is COc1cccc(C2(C)CC(F)CN2)c1. The fourth-order valence-electron chi connectivity index (χ4n) is 2.11. The molecule has 0 radical (unpaired) electrons. The third kappa shape index (κ3) is 1.97. The average molecular weight is 209 g/mol. The highest BCUT2D eigenvalue weighted by Gasteiger charge is 2.36. The van der Waals surface area contributed by atoms with E-state index in [2.05, 4.69) is 5.32 Å². The Morgan fingerprint density at radius 3 is 2.93 bits per heavy atom. The lowest BCUT2D eigenvalue weighted by Crippen LogP contribution is -2.32. The first-order valence-electron chi connectivity index (χ1n) is 5.18. The lowest BCUT2D eigenvalue weighted by Gasteiger charge is -2.25. The molecule has 0 spiro atoms. The number of ether oxygens (including phenoxy) is 1. The molecular formula is C12H16FNO. The standard InChI is InChI=1S/C12H16FNO/c1-12(7-10(13)8-14-12)9-4-3-5-11(6-9)15-2/h3-6,10,14H,7-8H2,1-2H3. The molecule has 1 aliphatic heterocycles. The van der Waals surface area contributed by atoms with E-state index in [0.29, 0.717) is 13.0 Å². The van der Waals surface area contributed by atoms with Gasteiger partial charge in [-0.25, -0.2) is 4.39 Å². The summed E-state index contributed by atoms with van der Waals surface area (Å²) in [6.07, 6.45) is -0.221. The van der Waals surface area contributed by atoms with Crippen molar-refractivity contribution in [3.05, 3.63) is 29.8 Å². The zero-order chi connectivity index (χ0) is 10.9. The molecule has 0 amide bonds. The largest absolute Gasteiger partial charge is 0.497 e. The molecule has 2 nitrogen and oxygen atoms in total. The lowest BCUT2D eigenvalue weighted by molar-refractivity contribution is 0.332. The maximum atomic E-state index is 13.2. The number of alkyl halides is 1. The second kappa shape index (κ2) is 3.81. The fraction of sp³-hybridized carbons (Fsp3) is 0.500. The van der Waals surface area contributed by atoms with E-state index in [4.69, 9.17) is 4.74 Å². The summed E-state index contributed by atoms with van der Waals surface area (Å²) in [5.74, 6) is 0.817. The molecule has 3 heteroatoms. The highest BCUT2D eigenvalue weighted by molar-refractivity contribution is 5.33. The van der Waals surface area contributed by atoms with Crippen LogP contribution in [-0.4, -0.2) is 19.8 Å². The van der Waals surface area contributed by atoms with Crippen LogP contribution >= 0.6 is 0 Å². The topological polar surface area (TPSA) is 21.3 Å². The Bertz CT molecular complexity index is 355. The normalized spacial score (nSPS) is 30.5. The van der Waals surface area contributed by atoms with E-state index in [1.165, 1.54) is 0 Å². The van der Waals surface area contributed by atoms with Crippen molar-refractivity contribution in [2.75, 3.05) is 13.7 Å². The first kappa shape index (κ1) is 10.4. The second-order valence-electron chi connectivity index (χ2n) is 4.25. The Kier molecular flexibility index (Phi) is 2.65. The van der Waals surface area contributed by atoms with Gasteiger partial charge in [-0.3, -0.25) is 0 Å². The van der Waals surface area contributed by atoms with Gasteiger partial charge in [0.05, 0.1) is 7.11 Å². The number of nitrogens with one attached hydrogen (secondary N) is 1. The molecule has 15 heavy (non-hydrogen) atoms. The number of hydrogen-bond donors (Lipinski definition) is 1. The molecule has 1 aliphatic rings. The minimum absolute atomic E-state index is 0.256. The number of rotatable bonds is 2. The van der Waals surface area contributed by atoms with Crippen molar-refractivity contribution in [3.8, 4) is 5.75 Å². The molecule has 1 heterocycles. The summed E-state index contributed by atoms with van der Waals surface area (Å²) in [7, 11) is 1.64. The molecule has 82 valence electrons. The van der Waals surface area contributed by atoms with Gasteiger partial charge < -0.3 is 10.1 Å². The van der Waals surface area contributed by atoms with Gasteiger partial charge in [-0.05, 0) is 24.6 Å². The van der Waals surface area contributed by atoms with Crippen LogP contribution in [0.3, 0.4) is 0 Å². The number of halogens is 1. The summed E-state index contributed by atoms with van der Waals surface area (Å²) in [5.41, 5.74) is 0.829. The third-order valence-electron chi connectivity index (χ3n) is 3.05. The molecule has 0 saturated carbocycles. The van der Waals surface area contributed by atoms with Crippen LogP contribution in [-0.2, 0) is 5.54 Å². The van der Waals surface area contributed by atoms with Crippen LogP contribution in [0.2, 0.25) is 0 Å². The van der Waals surface area contributed by atoms with Crippen LogP contribution < -0.4 is 10.1 Å². The van der Waals surface area contributed by atoms with Crippen LogP contribution in [0.4, 0.5) is 4.39 Å². The van der Waals surface area contributed by atoms with Gasteiger partial charge in [-0.1, -0.05) is 12.1 Å². The maximum absolute atomic E-state index is 13.2. The van der Waals surface area contributed by atoms with Gasteiger partial charge in [-0.15, -0.1) is 0 Å². The van der Waals surface area contributed by atoms with Crippen molar-refractivity contribution in [1.29, 1.82) is 0 Å². The number of methoxy groups -OCH3 is 1. The van der Waals surface area contributed by atoms with E-state index in [-0.39, 0.29) is 5.54 Å². The summed E-state index contributed by atoms with van der Waals surface area (Å²) in [5, 5.41) is 3.22. The van der Waals surface area contributed by atoms with Crippen molar-refractivity contribution in [1.82, 2.24) is 5.32 Å². The summed E-state index contributed by atoms with van der Waals surface area (Å²) >= 11 is 0. The van der Waals surface area contributed by atoms with Crippen molar-refractivity contribution < 1.29 is 9.13 Å². The zero-order valence-corrected chi connectivity index (χ0v) is 9.09. The van der Waals surface area contributed by atoms with E-state index in [1.54, 1.807) is 7.11 Å². The highest BCUT2D eigenvalue weighted by atomic mass is 19.1. The molecule has 1 N–H and O–H groups in total. The molecule has 0 bridgehead atoms. The van der Waals surface area contributed by atoms with Gasteiger partial charge in [0.25, 0.3) is 0 Å². The third-order valence-corrected chi connectivity index (χ3v) is 3.05. The Hall–Kier alpha value is -1.09. The average Bonchev–Trinajstić information content (AvgIpc) is 2.60. The fourth-order valence-corrected chi connectivity index (χ4v) is 2.11. The molecule has 1 fully saturated rings. The lowest BCUT2D eigenvalue weighted by atomic mass is 9.90. The first-order chi connectivity index (χ1) is 7.14. The summed E-state index contributed by atoms with van der Waals surface area (Å²) in [4.78, 5) is 0. The summed E-state index contributed by atoms with van der Waals surface area (Å²) in [6, 6.07) is 7.81. The highest BCUT2D eigenvalue weighted by Crippen LogP contribution is 2.33. The van der Waals surface area contributed by atoms with Gasteiger partial charge in [-0.2, -0.15) is 0 Å². The van der Waals surface area contributed by atoms with Gasteiger partial charge >= 0.3 is 0 Å². The first-order valence-corrected chi connectivity index (χ1v) is 5.18. The van der Waals surface area contributed by atoms with Gasteiger partial charge in [0.2, 0.25) is 0 Å². The summed E-state index contributed by atoms with van der Waals surface area (Å²) in [6.45, 7) is 2.47. The van der Waals surface area contributed by atoms with Crippen LogP contribution in [0, 0.1) is 0 Å². The van der Waals surface area contributed by atoms with E-state index in [9.17, 15) is 4.39 Å². The van der Waals surface area contributed by atoms with Crippen molar-refractivity contribution in [2.45, 2.75) is 25.1 Å². The van der Waals surface area contributed by atoms with E-state index < -0.39 is 6.17 Å². The number of hydrogen-bond acceptors (Lipinski definition) is 2. The molecule has 1 aromatic rings. The summed E-state index contributed by atoms with van der Waals surface area (Å²) < 4.78 is 18.4. The molecule has 2 unspecified atom stereocenters. The molecular weight excluding hydrogens is 193 g/mol.